The number of rotatable bonds is 0. The molecule has 2 atom stereocenters. The molecular weight excluding hydrogens is 267 g/mol. The summed E-state index contributed by atoms with van der Waals surface area (Å²) < 4.78 is 0.908. The van der Waals surface area contributed by atoms with Gasteiger partial charge in [-0.1, -0.05) is 27.5 Å². The van der Waals surface area contributed by atoms with Crippen molar-refractivity contribution in [1.82, 2.24) is 0 Å². The van der Waals surface area contributed by atoms with Crippen LogP contribution in [-0.2, 0) is 6.42 Å². The fraction of sp³-hybridized carbons (Fsp3) is 0.400. The third kappa shape index (κ3) is 1.70. The second-order valence-electron chi connectivity index (χ2n) is 3.51. The van der Waals surface area contributed by atoms with Gasteiger partial charge in [0.05, 0.1) is 6.10 Å². The van der Waals surface area contributed by atoms with Crippen molar-refractivity contribution in [3.05, 3.63) is 32.8 Å². The van der Waals surface area contributed by atoms with Gasteiger partial charge in [-0.15, -0.1) is 0 Å². The summed E-state index contributed by atoms with van der Waals surface area (Å²) in [6, 6.07) is 3.53. The molecule has 0 fully saturated rings. The minimum Gasteiger partial charge on any atom is -0.390 e. The highest BCUT2D eigenvalue weighted by atomic mass is 79.9. The number of hydrogen-bond acceptors (Lipinski definition) is 2. The Balaban J connectivity index is 2.54. The van der Waals surface area contributed by atoms with Crippen molar-refractivity contribution < 1.29 is 10.2 Å². The first-order valence-corrected chi connectivity index (χ1v) is 5.60. The van der Waals surface area contributed by atoms with Gasteiger partial charge in [-0.3, -0.25) is 0 Å². The minimum atomic E-state index is -0.811. The number of benzene rings is 1. The molecule has 1 aromatic rings. The maximum absolute atomic E-state index is 9.75. The van der Waals surface area contributed by atoms with E-state index in [4.69, 9.17) is 11.6 Å². The molecule has 1 aliphatic rings. The van der Waals surface area contributed by atoms with Crippen molar-refractivity contribution >= 4 is 27.5 Å². The van der Waals surface area contributed by atoms with Crippen LogP contribution in [0.2, 0.25) is 5.02 Å². The third-order valence-corrected chi connectivity index (χ3v) is 3.49. The molecule has 2 nitrogen and oxygen atoms in total. The van der Waals surface area contributed by atoms with Gasteiger partial charge in [-0.2, -0.15) is 0 Å². The highest BCUT2D eigenvalue weighted by Gasteiger charge is 2.27. The van der Waals surface area contributed by atoms with E-state index in [2.05, 4.69) is 15.9 Å². The minimum absolute atomic E-state index is 0.573. The lowest BCUT2D eigenvalue weighted by Gasteiger charge is -2.27. The van der Waals surface area contributed by atoms with Gasteiger partial charge < -0.3 is 10.2 Å². The monoisotopic (exact) mass is 276 g/mol. The van der Waals surface area contributed by atoms with E-state index < -0.39 is 12.2 Å². The first-order chi connectivity index (χ1) is 6.59. The summed E-state index contributed by atoms with van der Waals surface area (Å²) in [5.74, 6) is 0. The molecule has 0 radical (unpaired) electrons. The molecule has 4 heteroatoms. The molecule has 76 valence electrons. The summed E-state index contributed by atoms with van der Waals surface area (Å²) in [6.45, 7) is 0. The third-order valence-electron chi connectivity index (χ3n) is 2.57. The molecular formula is C10H10BrClO2. The van der Waals surface area contributed by atoms with Crippen molar-refractivity contribution in [3.63, 3.8) is 0 Å². The molecule has 0 heterocycles. The normalized spacial score (nSPS) is 26.0. The maximum Gasteiger partial charge on any atom is 0.105 e. The van der Waals surface area contributed by atoms with Crippen LogP contribution in [0.5, 0.6) is 0 Å². The Morgan fingerprint density at radius 3 is 2.79 bits per heavy atom. The van der Waals surface area contributed by atoms with Gasteiger partial charge in [0.2, 0.25) is 0 Å². The highest BCUT2D eigenvalue weighted by molar-refractivity contribution is 9.10. The SMILES string of the molecule is OC1CCc2c(Br)cc(Cl)cc2C1O. The van der Waals surface area contributed by atoms with Crippen LogP contribution in [0, 0.1) is 0 Å². The summed E-state index contributed by atoms with van der Waals surface area (Å²) in [5.41, 5.74) is 1.79. The largest absolute Gasteiger partial charge is 0.390 e. The zero-order chi connectivity index (χ0) is 10.3. The number of aliphatic hydroxyl groups excluding tert-OH is 2. The number of hydrogen-bond donors (Lipinski definition) is 2. The number of halogens is 2. The zero-order valence-electron chi connectivity index (χ0n) is 7.37. The summed E-state index contributed by atoms with van der Waals surface area (Å²) in [6.07, 6.45) is -0.124. The van der Waals surface area contributed by atoms with Crippen molar-refractivity contribution in [3.8, 4) is 0 Å². The topological polar surface area (TPSA) is 40.5 Å². The van der Waals surface area contributed by atoms with E-state index in [1.54, 1.807) is 6.07 Å². The Kier molecular flexibility index (Phi) is 2.84. The predicted molar refractivity (Wildman–Crippen MR) is 58.4 cm³/mol. The van der Waals surface area contributed by atoms with Crippen LogP contribution in [0.25, 0.3) is 0 Å². The van der Waals surface area contributed by atoms with E-state index in [0.717, 1.165) is 22.0 Å². The molecule has 0 amide bonds. The lowest BCUT2D eigenvalue weighted by atomic mass is 9.87. The van der Waals surface area contributed by atoms with Gasteiger partial charge in [-0.05, 0) is 36.1 Å². The lowest BCUT2D eigenvalue weighted by molar-refractivity contribution is 0.00638. The van der Waals surface area contributed by atoms with E-state index in [0.29, 0.717) is 11.4 Å². The predicted octanol–water partition coefficient (Wildman–Crippen LogP) is 2.44. The smallest absolute Gasteiger partial charge is 0.105 e. The van der Waals surface area contributed by atoms with Crippen molar-refractivity contribution in [2.75, 3.05) is 0 Å². The molecule has 0 saturated carbocycles. The molecule has 2 N–H and O–H groups in total. The Labute approximate surface area is 95.6 Å². The van der Waals surface area contributed by atoms with Crippen LogP contribution in [0.4, 0.5) is 0 Å². The number of aliphatic hydroxyl groups is 2. The second-order valence-corrected chi connectivity index (χ2v) is 4.80. The molecule has 1 aromatic carbocycles. The van der Waals surface area contributed by atoms with E-state index in [1.165, 1.54) is 0 Å². The lowest BCUT2D eigenvalue weighted by Crippen LogP contribution is -2.25. The molecule has 0 aromatic heterocycles. The molecule has 1 aliphatic carbocycles. The van der Waals surface area contributed by atoms with Gasteiger partial charge in [0, 0.05) is 9.50 Å². The zero-order valence-corrected chi connectivity index (χ0v) is 9.72. The standard InChI is InChI=1S/C10H10BrClO2/c11-8-4-5(12)3-7-6(8)1-2-9(13)10(7)14/h3-4,9-10,13-14H,1-2H2. The van der Waals surface area contributed by atoms with Crippen LogP contribution in [0.1, 0.15) is 23.7 Å². The molecule has 0 spiro atoms. The molecule has 0 bridgehead atoms. The average molecular weight is 278 g/mol. The van der Waals surface area contributed by atoms with E-state index in [1.807, 2.05) is 6.07 Å². The van der Waals surface area contributed by atoms with Crippen LogP contribution in [0.3, 0.4) is 0 Å². The van der Waals surface area contributed by atoms with Crippen LogP contribution >= 0.6 is 27.5 Å². The number of fused-ring (bicyclic) bond motifs is 1. The quantitative estimate of drug-likeness (QED) is 0.765. The van der Waals surface area contributed by atoms with E-state index in [-0.39, 0.29) is 0 Å². The van der Waals surface area contributed by atoms with Crippen molar-refractivity contribution in [1.29, 1.82) is 0 Å². The fourth-order valence-corrected chi connectivity index (χ4v) is 2.84. The first kappa shape index (κ1) is 10.4. The van der Waals surface area contributed by atoms with Gasteiger partial charge in [0.25, 0.3) is 0 Å². The Morgan fingerprint density at radius 2 is 2.07 bits per heavy atom. The maximum atomic E-state index is 9.75. The Bertz CT molecular complexity index is 367. The van der Waals surface area contributed by atoms with Gasteiger partial charge in [0.15, 0.2) is 0 Å². The summed E-state index contributed by atoms with van der Waals surface area (Å²) in [7, 11) is 0. The molecule has 0 saturated heterocycles. The van der Waals surface area contributed by atoms with Gasteiger partial charge in [0.1, 0.15) is 6.10 Å². The van der Waals surface area contributed by atoms with Gasteiger partial charge >= 0.3 is 0 Å². The average Bonchev–Trinajstić information content (AvgIpc) is 2.12. The van der Waals surface area contributed by atoms with Gasteiger partial charge in [-0.25, -0.2) is 0 Å². The van der Waals surface area contributed by atoms with Crippen LogP contribution in [0.15, 0.2) is 16.6 Å². The first-order valence-electron chi connectivity index (χ1n) is 4.43. The summed E-state index contributed by atoms with van der Waals surface area (Å²) in [5, 5.41) is 19.8. The fourth-order valence-electron chi connectivity index (χ4n) is 1.81. The molecule has 2 rings (SSSR count). The summed E-state index contributed by atoms with van der Waals surface area (Å²) >= 11 is 9.28. The van der Waals surface area contributed by atoms with Crippen molar-refractivity contribution in [2.45, 2.75) is 25.0 Å². The summed E-state index contributed by atoms with van der Waals surface area (Å²) in [4.78, 5) is 0. The molecule has 2 unspecified atom stereocenters. The van der Waals surface area contributed by atoms with E-state index in [9.17, 15) is 10.2 Å². The highest BCUT2D eigenvalue weighted by Crippen LogP contribution is 2.36. The Hall–Kier alpha value is -0.0900. The van der Waals surface area contributed by atoms with Crippen LogP contribution < -0.4 is 0 Å². The second kappa shape index (κ2) is 3.81. The van der Waals surface area contributed by atoms with Crippen LogP contribution in [-0.4, -0.2) is 16.3 Å². The Morgan fingerprint density at radius 1 is 1.36 bits per heavy atom. The molecule has 14 heavy (non-hydrogen) atoms. The molecule has 0 aliphatic heterocycles. The van der Waals surface area contributed by atoms with E-state index >= 15 is 0 Å². The van der Waals surface area contributed by atoms with Crippen molar-refractivity contribution in [2.24, 2.45) is 0 Å².